The summed E-state index contributed by atoms with van der Waals surface area (Å²) in [5.41, 5.74) is 0. The zero-order valence-corrected chi connectivity index (χ0v) is 18.8. The third kappa shape index (κ3) is 18.9. The smallest absolute Gasteiger partial charge is 0.550 e. The molecule has 0 saturated carbocycles. The van der Waals surface area contributed by atoms with Crippen molar-refractivity contribution in [1.82, 2.24) is 0 Å². The molecule has 0 amide bonds. The normalized spacial score (nSPS) is 12.5. The molecule has 2 atom stereocenters. The molecule has 0 spiro atoms. The van der Waals surface area contributed by atoms with Gasteiger partial charge in [0.1, 0.15) is 5.25 Å². The van der Waals surface area contributed by atoms with E-state index in [9.17, 15) is 28.2 Å². The standard InChI is InChI=1S/C8H18.C4H6O7S.2Na/c1-4-6-7-8(3)5-2;5-3(6)1-2(4(7)8)12(9,10)11;;/h8H,4-7H2,1-3H3;2H,1H2,(H,5,6)(H,7,8)(H,9,10,11);;/q;;2*+1/p-2. The Balaban J connectivity index is -0.000000144. The largest absolute Gasteiger partial charge is 1.00 e. The first-order valence-corrected chi connectivity index (χ1v) is 7.93. The Bertz CT molecular complexity index is 398. The Morgan fingerprint density at radius 2 is 1.59 bits per heavy atom. The van der Waals surface area contributed by atoms with E-state index in [0.29, 0.717) is 0 Å². The van der Waals surface area contributed by atoms with Gasteiger partial charge in [-0.1, -0.05) is 46.5 Å². The van der Waals surface area contributed by atoms with E-state index in [1.165, 1.54) is 25.7 Å². The fourth-order valence-electron chi connectivity index (χ4n) is 1.22. The van der Waals surface area contributed by atoms with E-state index in [1.54, 1.807) is 0 Å². The Morgan fingerprint density at radius 3 is 1.77 bits per heavy atom. The number of carboxylic acid groups (broad SMARTS) is 2. The molecule has 0 aliphatic carbocycles. The van der Waals surface area contributed by atoms with Gasteiger partial charge in [0.25, 0.3) is 10.1 Å². The monoisotopic (exact) mass is 356 g/mol. The van der Waals surface area contributed by atoms with Gasteiger partial charge in [-0.2, -0.15) is 8.42 Å². The summed E-state index contributed by atoms with van der Waals surface area (Å²) in [6, 6.07) is 0. The van der Waals surface area contributed by atoms with Crippen LogP contribution in [0.5, 0.6) is 0 Å². The van der Waals surface area contributed by atoms with Crippen molar-refractivity contribution in [3.8, 4) is 0 Å². The van der Waals surface area contributed by atoms with Gasteiger partial charge < -0.3 is 19.8 Å². The number of hydrogen-bond donors (Lipinski definition) is 1. The van der Waals surface area contributed by atoms with Crippen LogP contribution in [-0.4, -0.2) is 30.2 Å². The fourth-order valence-corrected chi connectivity index (χ4v) is 1.81. The first-order chi connectivity index (χ1) is 9.06. The van der Waals surface area contributed by atoms with Crippen LogP contribution in [0.3, 0.4) is 0 Å². The summed E-state index contributed by atoms with van der Waals surface area (Å²) in [6.07, 6.45) is 4.20. The Morgan fingerprint density at radius 1 is 1.14 bits per heavy atom. The third-order valence-electron chi connectivity index (χ3n) is 2.72. The zero-order chi connectivity index (χ0) is 16.3. The molecule has 2 unspecified atom stereocenters. The number of rotatable bonds is 8. The average molecular weight is 356 g/mol. The topological polar surface area (TPSA) is 135 Å². The van der Waals surface area contributed by atoms with Crippen molar-refractivity contribution in [2.45, 2.75) is 58.1 Å². The van der Waals surface area contributed by atoms with Gasteiger partial charge >= 0.3 is 59.1 Å². The molecule has 0 saturated heterocycles. The summed E-state index contributed by atoms with van der Waals surface area (Å²) in [5, 5.41) is 17.3. The summed E-state index contributed by atoms with van der Waals surface area (Å²) >= 11 is 0. The molecule has 22 heavy (non-hydrogen) atoms. The Labute approximate surface area is 176 Å². The number of hydrogen-bond acceptors (Lipinski definition) is 6. The summed E-state index contributed by atoms with van der Waals surface area (Å²) in [7, 11) is -4.94. The second-order valence-electron chi connectivity index (χ2n) is 4.55. The molecule has 0 aliphatic heterocycles. The van der Waals surface area contributed by atoms with Gasteiger partial charge in [0.05, 0.1) is 5.97 Å². The van der Waals surface area contributed by atoms with Gasteiger partial charge in [-0.25, -0.2) is 0 Å². The van der Waals surface area contributed by atoms with Gasteiger partial charge in [-0.05, 0) is 5.92 Å². The molecule has 0 rings (SSSR count). The molecule has 1 N–H and O–H groups in total. The van der Waals surface area contributed by atoms with Crippen LogP contribution < -0.4 is 69.3 Å². The number of carbonyl (C=O) groups excluding carboxylic acids is 2. The van der Waals surface area contributed by atoms with Crippen LogP contribution in [0.15, 0.2) is 0 Å². The molecule has 0 bridgehead atoms. The first-order valence-electron chi connectivity index (χ1n) is 6.43. The van der Waals surface area contributed by atoms with E-state index in [4.69, 9.17) is 4.55 Å². The minimum absolute atomic E-state index is 0. The van der Waals surface area contributed by atoms with E-state index in [2.05, 4.69) is 20.8 Å². The molecule has 0 aliphatic rings. The van der Waals surface area contributed by atoms with E-state index in [1.807, 2.05) is 0 Å². The molecule has 120 valence electrons. The van der Waals surface area contributed by atoms with Crippen LogP contribution in [0.4, 0.5) is 0 Å². The van der Waals surface area contributed by atoms with Gasteiger partial charge in [0, 0.05) is 12.4 Å². The molecule has 0 aromatic heterocycles. The second kappa shape index (κ2) is 16.7. The van der Waals surface area contributed by atoms with Crippen LogP contribution in [0.2, 0.25) is 0 Å². The van der Waals surface area contributed by atoms with E-state index in [0.717, 1.165) is 5.92 Å². The summed E-state index contributed by atoms with van der Waals surface area (Å²) in [5.74, 6) is -3.13. The number of carbonyl (C=O) groups is 2. The first kappa shape index (κ1) is 30.7. The molecular formula is C12H22Na2O7S. The average Bonchev–Trinajstić information content (AvgIpc) is 2.31. The van der Waals surface area contributed by atoms with Crippen molar-refractivity contribution < 1.29 is 91.9 Å². The van der Waals surface area contributed by atoms with Crippen LogP contribution in [0, 0.1) is 5.92 Å². The summed E-state index contributed by atoms with van der Waals surface area (Å²) in [6.45, 7) is 6.85. The SMILES string of the molecule is CCCCC(C)CC.O=C([O-])CC(C(=O)[O-])S(=O)(=O)O.[Na+].[Na+]. The molecule has 10 heteroatoms. The van der Waals surface area contributed by atoms with E-state index >= 15 is 0 Å². The molecular weight excluding hydrogens is 334 g/mol. The maximum atomic E-state index is 10.2. The molecule has 0 aromatic rings. The molecule has 7 nitrogen and oxygen atoms in total. The summed E-state index contributed by atoms with van der Waals surface area (Å²) in [4.78, 5) is 19.7. The quantitative estimate of drug-likeness (QED) is 0.337. The van der Waals surface area contributed by atoms with Crippen molar-refractivity contribution in [2.24, 2.45) is 5.92 Å². The predicted molar refractivity (Wildman–Crippen MR) is 68.9 cm³/mol. The minimum Gasteiger partial charge on any atom is -0.550 e. The predicted octanol–water partition coefficient (Wildman–Crippen LogP) is -6.64. The second-order valence-corrected chi connectivity index (χ2v) is 6.15. The van der Waals surface area contributed by atoms with E-state index < -0.39 is 33.7 Å². The van der Waals surface area contributed by atoms with E-state index in [-0.39, 0.29) is 59.1 Å². The minimum atomic E-state index is -4.94. The molecule has 0 fully saturated rings. The molecule has 0 heterocycles. The third-order valence-corrected chi connectivity index (χ3v) is 3.80. The van der Waals surface area contributed by atoms with Crippen molar-refractivity contribution in [3.05, 3.63) is 0 Å². The fraction of sp³-hybridized carbons (Fsp3) is 0.833. The van der Waals surface area contributed by atoms with Gasteiger partial charge in [0.2, 0.25) is 0 Å². The van der Waals surface area contributed by atoms with Crippen molar-refractivity contribution in [2.75, 3.05) is 0 Å². The number of carboxylic acids is 2. The van der Waals surface area contributed by atoms with Crippen LogP contribution >= 0.6 is 0 Å². The zero-order valence-electron chi connectivity index (χ0n) is 14.0. The van der Waals surface area contributed by atoms with Gasteiger partial charge in [-0.3, -0.25) is 4.55 Å². The maximum absolute atomic E-state index is 10.2. The van der Waals surface area contributed by atoms with Crippen molar-refractivity contribution in [3.63, 3.8) is 0 Å². The van der Waals surface area contributed by atoms with Crippen LogP contribution in [0.25, 0.3) is 0 Å². The van der Waals surface area contributed by atoms with Gasteiger partial charge in [0.15, 0.2) is 0 Å². The number of aliphatic carboxylic acids is 2. The van der Waals surface area contributed by atoms with Gasteiger partial charge in [-0.15, -0.1) is 0 Å². The Kier molecular flexibility index (Phi) is 23.3. The van der Waals surface area contributed by atoms with Crippen LogP contribution in [0.1, 0.15) is 52.9 Å². The van der Waals surface area contributed by atoms with Crippen molar-refractivity contribution >= 4 is 22.1 Å². The molecule has 0 radical (unpaired) electrons. The maximum Gasteiger partial charge on any atom is 1.00 e. The summed E-state index contributed by atoms with van der Waals surface area (Å²) < 4.78 is 28.5. The van der Waals surface area contributed by atoms with Crippen LogP contribution in [-0.2, 0) is 19.7 Å². The molecule has 0 aromatic carbocycles. The number of unbranched alkanes of at least 4 members (excludes halogenated alkanes) is 1. The Hall–Kier alpha value is 0.850. The van der Waals surface area contributed by atoms with Crippen molar-refractivity contribution in [1.29, 1.82) is 0 Å².